The molecule has 1 saturated heterocycles. The van der Waals surface area contributed by atoms with Crippen molar-refractivity contribution in [1.82, 2.24) is 4.90 Å². The second-order valence-electron chi connectivity index (χ2n) is 4.48. The number of likely N-dealkylation sites (tertiary alicyclic amines) is 1. The van der Waals surface area contributed by atoms with Crippen LogP contribution in [0, 0.1) is 5.92 Å². The van der Waals surface area contributed by atoms with Gasteiger partial charge in [0.2, 0.25) is 0 Å². The molecule has 0 atom stereocenters. The van der Waals surface area contributed by atoms with E-state index in [2.05, 4.69) is 4.74 Å². The second kappa shape index (κ2) is 7.13. The molecule has 0 aromatic carbocycles. The van der Waals surface area contributed by atoms with Crippen LogP contribution in [0.3, 0.4) is 0 Å². The molecule has 0 aliphatic carbocycles. The normalized spacial score (nSPS) is 17.7. The molecule has 1 fully saturated rings. The number of carbonyl (C=O) groups is 2. The van der Waals surface area contributed by atoms with E-state index in [0.717, 1.165) is 12.8 Å². The third-order valence-corrected chi connectivity index (χ3v) is 3.17. The van der Waals surface area contributed by atoms with Crippen LogP contribution in [0.25, 0.3) is 0 Å². The fourth-order valence-corrected chi connectivity index (χ4v) is 2.08. The van der Waals surface area contributed by atoms with Crippen molar-refractivity contribution in [2.24, 2.45) is 5.92 Å². The lowest BCUT2D eigenvalue weighted by Crippen LogP contribution is -2.39. The Morgan fingerprint density at radius 3 is 2.50 bits per heavy atom. The summed E-state index contributed by atoms with van der Waals surface area (Å²) in [5.74, 6) is -1.20. The number of hydrogen-bond donors (Lipinski definition) is 0. The molecule has 1 amide bonds. The summed E-state index contributed by atoms with van der Waals surface area (Å²) in [5.41, 5.74) is 0. The van der Waals surface area contributed by atoms with Crippen molar-refractivity contribution in [1.29, 1.82) is 0 Å². The van der Waals surface area contributed by atoms with Crippen LogP contribution < -0.4 is 0 Å². The first-order chi connectivity index (χ1) is 8.58. The number of allylic oxidation sites excluding steroid dienone is 1. The third kappa shape index (κ3) is 4.13. The number of nitrogens with zero attached hydrogens (tertiary/aromatic N) is 1. The van der Waals surface area contributed by atoms with Gasteiger partial charge in [0.25, 0.3) is 5.91 Å². The van der Waals surface area contributed by atoms with Gasteiger partial charge in [-0.3, -0.25) is 9.59 Å². The first-order valence-corrected chi connectivity index (χ1v) is 6.30. The van der Waals surface area contributed by atoms with E-state index in [1.54, 1.807) is 6.92 Å². The van der Waals surface area contributed by atoms with E-state index < -0.39 is 11.7 Å². The quantitative estimate of drug-likeness (QED) is 0.572. The molecule has 1 aliphatic heterocycles. The van der Waals surface area contributed by atoms with Crippen molar-refractivity contribution >= 4 is 11.9 Å². The third-order valence-electron chi connectivity index (χ3n) is 3.17. The summed E-state index contributed by atoms with van der Waals surface area (Å²) in [6, 6.07) is 0. The number of halogens is 1. The second-order valence-corrected chi connectivity index (χ2v) is 4.48. The summed E-state index contributed by atoms with van der Waals surface area (Å²) < 4.78 is 17.9. The van der Waals surface area contributed by atoms with Crippen LogP contribution in [0.2, 0.25) is 0 Å². The van der Waals surface area contributed by atoms with Gasteiger partial charge in [-0.2, -0.15) is 0 Å². The van der Waals surface area contributed by atoms with Crippen molar-refractivity contribution in [3.05, 3.63) is 11.9 Å². The molecule has 1 aliphatic rings. The van der Waals surface area contributed by atoms with Crippen LogP contribution >= 0.6 is 0 Å². The van der Waals surface area contributed by atoms with Crippen LogP contribution in [0.4, 0.5) is 4.39 Å². The standard InChI is InChI=1S/C13H20FNO3/c1-3-4-11(14)13(17)15-7-5-10(6-8-15)9-12(16)18-2/h4,10H,3,5-9H2,1-2H3/b11-4-. The highest BCUT2D eigenvalue weighted by Crippen LogP contribution is 2.22. The summed E-state index contributed by atoms with van der Waals surface area (Å²) in [7, 11) is 1.37. The van der Waals surface area contributed by atoms with Crippen LogP contribution in [0.1, 0.15) is 32.6 Å². The molecule has 4 nitrogen and oxygen atoms in total. The SMILES string of the molecule is CC/C=C(\F)C(=O)N1CCC(CC(=O)OC)CC1. The number of esters is 1. The fraction of sp³-hybridized carbons (Fsp3) is 0.692. The molecule has 5 heteroatoms. The molecule has 0 N–H and O–H groups in total. The predicted molar refractivity (Wildman–Crippen MR) is 65.4 cm³/mol. The zero-order chi connectivity index (χ0) is 13.5. The minimum atomic E-state index is -0.677. The Morgan fingerprint density at radius 1 is 1.39 bits per heavy atom. The Bertz CT molecular complexity index is 333. The number of piperidine rings is 1. The summed E-state index contributed by atoms with van der Waals surface area (Å²) in [4.78, 5) is 24.3. The van der Waals surface area contributed by atoms with Crippen molar-refractivity contribution in [3.8, 4) is 0 Å². The molecule has 0 radical (unpaired) electrons. The van der Waals surface area contributed by atoms with E-state index in [9.17, 15) is 14.0 Å². The fourth-order valence-electron chi connectivity index (χ4n) is 2.08. The molecule has 0 saturated carbocycles. The van der Waals surface area contributed by atoms with Crippen molar-refractivity contribution < 1.29 is 18.7 Å². The Labute approximate surface area is 107 Å². The highest BCUT2D eigenvalue weighted by Gasteiger charge is 2.26. The lowest BCUT2D eigenvalue weighted by atomic mass is 9.93. The Balaban J connectivity index is 2.42. The van der Waals surface area contributed by atoms with Crippen molar-refractivity contribution in [2.45, 2.75) is 32.6 Å². The van der Waals surface area contributed by atoms with Gasteiger partial charge in [-0.05, 0) is 31.3 Å². The Kier molecular flexibility index (Phi) is 5.82. The molecule has 1 heterocycles. The van der Waals surface area contributed by atoms with Crippen LogP contribution in [-0.4, -0.2) is 37.0 Å². The molecule has 1 rings (SSSR count). The van der Waals surface area contributed by atoms with Crippen molar-refractivity contribution in [3.63, 3.8) is 0 Å². The molecule has 0 bridgehead atoms. The molecule has 0 aromatic heterocycles. The molecule has 18 heavy (non-hydrogen) atoms. The predicted octanol–water partition coefficient (Wildman–Crippen LogP) is 2.05. The van der Waals surface area contributed by atoms with E-state index in [1.807, 2.05) is 0 Å². The number of ether oxygens (including phenoxy) is 1. The smallest absolute Gasteiger partial charge is 0.305 e. The zero-order valence-corrected chi connectivity index (χ0v) is 10.9. The first-order valence-electron chi connectivity index (χ1n) is 6.30. The molecular formula is C13H20FNO3. The first kappa shape index (κ1) is 14.7. The molecule has 0 aromatic rings. The topological polar surface area (TPSA) is 46.6 Å². The van der Waals surface area contributed by atoms with Gasteiger partial charge >= 0.3 is 5.97 Å². The molecule has 0 unspecified atom stereocenters. The number of amides is 1. The average molecular weight is 257 g/mol. The lowest BCUT2D eigenvalue weighted by Gasteiger charge is -2.31. The highest BCUT2D eigenvalue weighted by molar-refractivity contribution is 5.91. The Morgan fingerprint density at radius 2 is 2.00 bits per heavy atom. The Hall–Kier alpha value is -1.39. The van der Waals surface area contributed by atoms with Gasteiger partial charge < -0.3 is 9.64 Å². The largest absolute Gasteiger partial charge is 0.469 e. The maximum atomic E-state index is 13.3. The molecule has 102 valence electrons. The van der Waals surface area contributed by atoms with E-state index in [-0.39, 0.29) is 11.9 Å². The van der Waals surface area contributed by atoms with Gasteiger partial charge in [0.15, 0.2) is 5.83 Å². The lowest BCUT2D eigenvalue weighted by molar-refractivity contribution is -0.142. The van der Waals surface area contributed by atoms with E-state index in [0.29, 0.717) is 25.9 Å². The highest BCUT2D eigenvalue weighted by atomic mass is 19.1. The number of methoxy groups -OCH3 is 1. The van der Waals surface area contributed by atoms with Gasteiger partial charge in [0.1, 0.15) is 0 Å². The zero-order valence-electron chi connectivity index (χ0n) is 10.9. The summed E-state index contributed by atoms with van der Waals surface area (Å²) in [6.45, 7) is 2.80. The number of hydrogen-bond acceptors (Lipinski definition) is 3. The van der Waals surface area contributed by atoms with E-state index in [1.165, 1.54) is 18.1 Å². The van der Waals surface area contributed by atoms with Gasteiger partial charge in [-0.15, -0.1) is 0 Å². The minimum absolute atomic E-state index is 0.225. The summed E-state index contributed by atoms with van der Waals surface area (Å²) in [6.07, 6.45) is 3.63. The van der Waals surface area contributed by atoms with Gasteiger partial charge in [-0.25, -0.2) is 4.39 Å². The van der Waals surface area contributed by atoms with E-state index in [4.69, 9.17) is 0 Å². The summed E-state index contributed by atoms with van der Waals surface area (Å²) in [5, 5.41) is 0. The van der Waals surface area contributed by atoms with Crippen LogP contribution in [-0.2, 0) is 14.3 Å². The van der Waals surface area contributed by atoms with Gasteiger partial charge in [-0.1, -0.05) is 6.92 Å². The minimum Gasteiger partial charge on any atom is -0.469 e. The van der Waals surface area contributed by atoms with Crippen LogP contribution in [0.15, 0.2) is 11.9 Å². The molecular weight excluding hydrogens is 237 g/mol. The maximum Gasteiger partial charge on any atom is 0.305 e. The van der Waals surface area contributed by atoms with Crippen molar-refractivity contribution in [2.75, 3.05) is 20.2 Å². The average Bonchev–Trinajstić information content (AvgIpc) is 2.39. The van der Waals surface area contributed by atoms with Crippen LogP contribution in [0.5, 0.6) is 0 Å². The number of carbonyl (C=O) groups excluding carboxylic acids is 2. The van der Waals surface area contributed by atoms with Gasteiger partial charge in [0, 0.05) is 19.5 Å². The van der Waals surface area contributed by atoms with E-state index >= 15 is 0 Å². The maximum absolute atomic E-state index is 13.3. The monoisotopic (exact) mass is 257 g/mol. The number of rotatable bonds is 4. The molecule has 0 spiro atoms. The summed E-state index contributed by atoms with van der Waals surface area (Å²) >= 11 is 0. The van der Waals surface area contributed by atoms with Gasteiger partial charge in [0.05, 0.1) is 7.11 Å².